The predicted molar refractivity (Wildman–Crippen MR) is 69.5 cm³/mol. The summed E-state index contributed by atoms with van der Waals surface area (Å²) < 4.78 is 31.5. The Morgan fingerprint density at radius 1 is 1.30 bits per heavy atom. The zero-order valence-electron chi connectivity index (χ0n) is 10.8. The summed E-state index contributed by atoms with van der Waals surface area (Å²) in [4.78, 5) is 11.3. The second-order valence-electron chi connectivity index (χ2n) is 5.04. The first kappa shape index (κ1) is 13.5. The van der Waals surface area contributed by atoms with Gasteiger partial charge in [-0.25, -0.2) is 8.42 Å². The number of fused-ring (bicyclic) bond motifs is 1. The summed E-state index contributed by atoms with van der Waals surface area (Å²) in [7, 11) is -3.76. The molecule has 0 spiro atoms. The molecule has 0 amide bonds. The smallest absolute Gasteiger partial charge is 0.322 e. The second kappa shape index (κ2) is 4.83. The van der Waals surface area contributed by atoms with E-state index in [4.69, 9.17) is 9.84 Å². The molecular formula is C13H15NO5S. The van der Waals surface area contributed by atoms with E-state index in [9.17, 15) is 13.2 Å². The van der Waals surface area contributed by atoms with Crippen molar-refractivity contribution in [3.63, 3.8) is 0 Å². The van der Waals surface area contributed by atoms with Crippen LogP contribution in [-0.2, 0) is 32.8 Å². The summed E-state index contributed by atoms with van der Waals surface area (Å²) in [5.74, 6) is -1.09. The van der Waals surface area contributed by atoms with Crippen molar-refractivity contribution in [2.75, 3.05) is 6.54 Å². The number of ether oxygens (including phenoxy) is 1. The van der Waals surface area contributed by atoms with Crippen molar-refractivity contribution in [3.05, 3.63) is 29.3 Å². The lowest BCUT2D eigenvalue weighted by Crippen LogP contribution is -2.40. The summed E-state index contributed by atoms with van der Waals surface area (Å²) in [5, 5.41) is 9.12. The number of sulfonamides is 1. The minimum absolute atomic E-state index is 0.148. The molecule has 1 N–H and O–H groups in total. The maximum atomic E-state index is 12.6. The van der Waals surface area contributed by atoms with E-state index in [0.717, 1.165) is 15.4 Å². The van der Waals surface area contributed by atoms with E-state index in [2.05, 4.69) is 0 Å². The van der Waals surface area contributed by atoms with Gasteiger partial charge in [0.05, 0.1) is 18.1 Å². The molecule has 1 atom stereocenters. The molecule has 1 aromatic rings. The van der Waals surface area contributed by atoms with Crippen molar-refractivity contribution in [2.24, 2.45) is 0 Å². The van der Waals surface area contributed by atoms with Gasteiger partial charge in [0.25, 0.3) is 0 Å². The highest BCUT2D eigenvalue weighted by molar-refractivity contribution is 7.89. The molecule has 1 fully saturated rings. The highest BCUT2D eigenvalue weighted by atomic mass is 32.2. The third kappa shape index (κ3) is 2.11. The normalized spacial score (nSPS) is 22.9. The molecule has 0 aliphatic carbocycles. The van der Waals surface area contributed by atoms with Gasteiger partial charge >= 0.3 is 5.97 Å². The molecule has 3 rings (SSSR count). The summed E-state index contributed by atoms with van der Waals surface area (Å²) in [5.41, 5.74) is 1.84. The number of hydrogen-bond donors (Lipinski definition) is 1. The zero-order valence-corrected chi connectivity index (χ0v) is 11.6. The molecule has 0 aromatic heterocycles. The monoisotopic (exact) mass is 297 g/mol. The Hall–Kier alpha value is -1.44. The molecule has 108 valence electrons. The minimum Gasteiger partial charge on any atom is -0.480 e. The molecule has 7 heteroatoms. The molecule has 0 saturated carbocycles. The molecule has 1 aromatic carbocycles. The number of carboxylic acids is 1. The fourth-order valence-corrected chi connectivity index (χ4v) is 4.42. The maximum Gasteiger partial charge on any atom is 0.322 e. The van der Waals surface area contributed by atoms with Gasteiger partial charge in [-0.05, 0) is 36.1 Å². The highest BCUT2D eigenvalue weighted by Crippen LogP contribution is 2.29. The SMILES string of the molecule is O=C(O)C1CCCN1S(=O)(=O)c1ccc2c(c1)COC2. The fourth-order valence-electron chi connectivity index (χ4n) is 2.72. The Morgan fingerprint density at radius 2 is 2.05 bits per heavy atom. The van der Waals surface area contributed by atoms with E-state index in [-0.39, 0.29) is 11.4 Å². The van der Waals surface area contributed by atoms with Crippen molar-refractivity contribution in [1.29, 1.82) is 0 Å². The zero-order chi connectivity index (χ0) is 14.3. The number of rotatable bonds is 3. The molecule has 1 unspecified atom stereocenters. The first-order chi connectivity index (χ1) is 9.50. The molecule has 2 heterocycles. The Balaban J connectivity index is 1.97. The van der Waals surface area contributed by atoms with Gasteiger partial charge in [-0.3, -0.25) is 4.79 Å². The van der Waals surface area contributed by atoms with Crippen LogP contribution in [0, 0.1) is 0 Å². The standard InChI is InChI=1S/C13H15NO5S/c15-13(16)12-2-1-5-14(12)20(17,18)11-4-3-9-7-19-8-10(9)6-11/h3-4,6,12H,1-2,5,7-8H2,(H,15,16). The van der Waals surface area contributed by atoms with Gasteiger partial charge in [-0.15, -0.1) is 0 Å². The molecule has 20 heavy (non-hydrogen) atoms. The average Bonchev–Trinajstić information content (AvgIpc) is 3.06. The van der Waals surface area contributed by atoms with Crippen LogP contribution in [0.4, 0.5) is 0 Å². The van der Waals surface area contributed by atoms with E-state index in [1.54, 1.807) is 12.1 Å². The van der Waals surface area contributed by atoms with Crippen LogP contribution in [-0.4, -0.2) is 36.4 Å². The van der Waals surface area contributed by atoms with E-state index < -0.39 is 22.0 Å². The van der Waals surface area contributed by atoms with Crippen molar-refractivity contribution in [3.8, 4) is 0 Å². The van der Waals surface area contributed by atoms with Crippen LogP contribution in [0.2, 0.25) is 0 Å². The molecule has 6 nitrogen and oxygen atoms in total. The summed E-state index contributed by atoms with van der Waals surface area (Å²) in [6, 6.07) is 3.90. The van der Waals surface area contributed by atoms with Crippen LogP contribution >= 0.6 is 0 Å². The van der Waals surface area contributed by atoms with Crippen LogP contribution in [0.1, 0.15) is 24.0 Å². The number of nitrogens with zero attached hydrogens (tertiary/aromatic N) is 1. The van der Waals surface area contributed by atoms with Gasteiger partial charge < -0.3 is 9.84 Å². The van der Waals surface area contributed by atoms with Crippen molar-refractivity contribution in [1.82, 2.24) is 4.31 Å². The molecule has 2 aliphatic rings. The van der Waals surface area contributed by atoms with Crippen molar-refractivity contribution < 1.29 is 23.1 Å². The number of hydrogen-bond acceptors (Lipinski definition) is 4. The second-order valence-corrected chi connectivity index (χ2v) is 6.93. The van der Waals surface area contributed by atoms with E-state index in [1.807, 2.05) is 0 Å². The summed E-state index contributed by atoms with van der Waals surface area (Å²) >= 11 is 0. The van der Waals surface area contributed by atoms with Gasteiger partial charge in [-0.1, -0.05) is 6.07 Å². The third-order valence-corrected chi connectivity index (χ3v) is 5.69. The van der Waals surface area contributed by atoms with Crippen molar-refractivity contribution in [2.45, 2.75) is 37.0 Å². The molecule has 1 saturated heterocycles. The summed E-state index contributed by atoms with van der Waals surface area (Å²) in [6.45, 7) is 1.16. The lowest BCUT2D eigenvalue weighted by molar-refractivity contribution is -0.140. The van der Waals surface area contributed by atoms with Crippen LogP contribution in [0.15, 0.2) is 23.1 Å². The lowest BCUT2D eigenvalue weighted by atomic mass is 10.1. The highest BCUT2D eigenvalue weighted by Gasteiger charge is 2.39. The van der Waals surface area contributed by atoms with Gasteiger partial charge in [0, 0.05) is 6.54 Å². The topological polar surface area (TPSA) is 83.9 Å². The fraction of sp³-hybridized carbons (Fsp3) is 0.462. The first-order valence-corrected chi connectivity index (χ1v) is 7.88. The van der Waals surface area contributed by atoms with E-state index in [1.165, 1.54) is 6.07 Å². The third-order valence-electron chi connectivity index (χ3n) is 3.79. The quantitative estimate of drug-likeness (QED) is 0.898. The first-order valence-electron chi connectivity index (χ1n) is 6.44. The van der Waals surface area contributed by atoms with Crippen LogP contribution in [0.25, 0.3) is 0 Å². The molecule has 2 aliphatic heterocycles. The number of carboxylic acid groups (broad SMARTS) is 1. The van der Waals surface area contributed by atoms with E-state index in [0.29, 0.717) is 26.1 Å². The molecule has 0 bridgehead atoms. The van der Waals surface area contributed by atoms with Crippen molar-refractivity contribution >= 4 is 16.0 Å². The average molecular weight is 297 g/mol. The number of benzene rings is 1. The van der Waals surface area contributed by atoms with Crippen LogP contribution in [0.3, 0.4) is 0 Å². The van der Waals surface area contributed by atoms with Crippen LogP contribution < -0.4 is 0 Å². The number of aliphatic carboxylic acids is 1. The predicted octanol–water partition coefficient (Wildman–Crippen LogP) is 0.954. The van der Waals surface area contributed by atoms with Gasteiger partial charge in [0.2, 0.25) is 10.0 Å². The van der Waals surface area contributed by atoms with Gasteiger partial charge in [0.15, 0.2) is 0 Å². The van der Waals surface area contributed by atoms with Gasteiger partial charge in [0.1, 0.15) is 6.04 Å². The summed E-state index contributed by atoms with van der Waals surface area (Å²) in [6.07, 6.45) is 0.937. The lowest BCUT2D eigenvalue weighted by Gasteiger charge is -2.21. The maximum absolute atomic E-state index is 12.6. The van der Waals surface area contributed by atoms with Crippen LogP contribution in [0.5, 0.6) is 0 Å². The minimum atomic E-state index is -3.76. The molecular weight excluding hydrogens is 282 g/mol. The number of carbonyl (C=O) groups is 1. The Kier molecular flexibility index (Phi) is 3.27. The Labute approximate surface area is 117 Å². The Bertz CT molecular complexity index is 655. The largest absolute Gasteiger partial charge is 0.480 e. The Morgan fingerprint density at radius 3 is 2.80 bits per heavy atom. The van der Waals surface area contributed by atoms with Gasteiger partial charge in [-0.2, -0.15) is 4.31 Å². The molecule has 0 radical (unpaired) electrons. The van der Waals surface area contributed by atoms with E-state index >= 15 is 0 Å².